The Hall–Kier alpha value is -2.13. The first-order valence-electron chi connectivity index (χ1n) is 8.76. The maximum atomic E-state index is 12.8. The molecule has 0 aliphatic carbocycles. The number of carbonyl (C=O) groups excluding carboxylic acids is 1. The van der Waals surface area contributed by atoms with E-state index in [2.05, 4.69) is 43.3 Å². The van der Waals surface area contributed by atoms with Gasteiger partial charge in [-0.3, -0.25) is 4.79 Å². The SMILES string of the molecule is CC(CC(=O)N1C[C@@H](CN)[C@H](c2ccccc2)C1)c1ccccc1. The number of amides is 1. The summed E-state index contributed by atoms with van der Waals surface area (Å²) in [6.45, 7) is 4.30. The number of nitrogens with zero attached hydrogens (tertiary/aromatic N) is 1. The smallest absolute Gasteiger partial charge is 0.223 e. The van der Waals surface area contributed by atoms with Gasteiger partial charge in [-0.15, -0.1) is 0 Å². The molecule has 0 spiro atoms. The van der Waals surface area contributed by atoms with Crippen molar-refractivity contribution in [1.82, 2.24) is 4.90 Å². The highest BCUT2D eigenvalue weighted by molar-refractivity contribution is 5.77. The summed E-state index contributed by atoms with van der Waals surface area (Å²) in [5.41, 5.74) is 8.49. The lowest BCUT2D eigenvalue weighted by Crippen LogP contribution is -2.30. The number of benzene rings is 2. The van der Waals surface area contributed by atoms with Crippen molar-refractivity contribution in [3.05, 3.63) is 71.8 Å². The summed E-state index contributed by atoms with van der Waals surface area (Å²) in [4.78, 5) is 14.8. The predicted molar refractivity (Wildman–Crippen MR) is 97.8 cm³/mol. The average molecular weight is 322 g/mol. The molecule has 126 valence electrons. The molecule has 2 aromatic rings. The van der Waals surface area contributed by atoms with Crippen LogP contribution < -0.4 is 5.73 Å². The molecular weight excluding hydrogens is 296 g/mol. The minimum Gasteiger partial charge on any atom is -0.342 e. The van der Waals surface area contributed by atoms with Crippen LogP contribution in [0.25, 0.3) is 0 Å². The summed E-state index contributed by atoms with van der Waals surface area (Å²) in [6, 6.07) is 20.7. The average Bonchev–Trinajstić information content (AvgIpc) is 3.08. The highest BCUT2D eigenvalue weighted by Gasteiger charge is 2.35. The maximum Gasteiger partial charge on any atom is 0.223 e. The molecule has 0 saturated carbocycles. The molecule has 1 heterocycles. The summed E-state index contributed by atoms with van der Waals surface area (Å²) in [5.74, 6) is 1.18. The third-order valence-electron chi connectivity index (χ3n) is 5.17. The molecule has 3 rings (SSSR count). The third kappa shape index (κ3) is 3.68. The van der Waals surface area contributed by atoms with Gasteiger partial charge in [0.1, 0.15) is 0 Å². The van der Waals surface area contributed by atoms with Crippen molar-refractivity contribution in [2.24, 2.45) is 11.7 Å². The topological polar surface area (TPSA) is 46.3 Å². The van der Waals surface area contributed by atoms with Crippen LogP contribution in [0, 0.1) is 5.92 Å². The van der Waals surface area contributed by atoms with Crippen LogP contribution in [0.3, 0.4) is 0 Å². The fourth-order valence-electron chi connectivity index (χ4n) is 3.68. The molecule has 3 nitrogen and oxygen atoms in total. The van der Waals surface area contributed by atoms with Gasteiger partial charge in [0.15, 0.2) is 0 Å². The van der Waals surface area contributed by atoms with E-state index < -0.39 is 0 Å². The van der Waals surface area contributed by atoms with Gasteiger partial charge in [0.2, 0.25) is 5.91 Å². The molecule has 3 atom stereocenters. The maximum absolute atomic E-state index is 12.8. The van der Waals surface area contributed by atoms with Gasteiger partial charge in [-0.05, 0) is 29.5 Å². The van der Waals surface area contributed by atoms with Crippen molar-refractivity contribution in [3.8, 4) is 0 Å². The standard InChI is InChI=1S/C21H26N2O/c1-16(17-8-4-2-5-9-17)12-21(24)23-14-19(13-22)20(15-23)18-10-6-3-7-11-18/h2-11,16,19-20H,12-15,22H2,1H3/t16?,19-,20+/m1/s1. The van der Waals surface area contributed by atoms with E-state index in [0.717, 1.165) is 13.1 Å². The molecule has 1 fully saturated rings. The van der Waals surface area contributed by atoms with Crippen molar-refractivity contribution in [2.75, 3.05) is 19.6 Å². The minimum atomic E-state index is 0.239. The van der Waals surface area contributed by atoms with Crippen molar-refractivity contribution in [3.63, 3.8) is 0 Å². The van der Waals surface area contributed by atoms with Crippen LogP contribution >= 0.6 is 0 Å². The van der Waals surface area contributed by atoms with Gasteiger partial charge >= 0.3 is 0 Å². The zero-order valence-corrected chi connectivity index (χ0v) is 14.3. The lowest BCUT2D eigenvalue weighted by molar-refractivity contribution is -0.130. The third-order valence-corrected chi connectivity index (χ3v) is 5.17. The summed E-state index contributed by atoms with van der Waals surface area (Å²) in [5, 5.41) is 0. The fraction of sp³-hybridized carbons (Fsp3) is 0.381. The first-order valence-corrected chi connectivity index (χ1v) is 8.76. The van der Waals surface area contributed by atoms with E-state index in [4.69, 9.17) is 5.73 Å². The van der Waals surface area contributed by atoms with Crippen LogP contribution in [-0.2, 0) is 4.79 Å². The molecule has 0 bridgehead atoms. The van der Waals surface area contributed by atoms with E-state index in [1.807, 2.05) is 29.2 Å². The normalized spacial score (nSPS) is 21.7. The molecule has 1 aliphatic rings. The van der Waals surface area contributed by atoms with Gasteiger partial charge in [-0.25, -0.2) is 0 Å². The molecule has 1 unspecified atom stereocenters. The molecule has 24 heavy (non-hydrogen) atoms. The van der Waals surface area contributed by atoms with Crippen LogP contribution in [0.15, 0.2) is 60.7 Å². The number of hydrogen-bond acceptors (Lipinski definition) is 2. The molecule has 3 heteroatoms. The zero-order valence-electron chi connectivity index (χ0n) is 14.3. The second-order valence-electron chi connectivity index (χ2n) is 6.83. The molecule has 2 N–H and O–H groups in total. The number of rotatable bonds is 5. The van der Waals surface area contributed by atoms with Crippen molar-refractivity contribution in [2.45, 2.75) is 25.2 Å². The Labute approximate surface area is 144 Å². The van der Waals surface area contributed by atoms with E-state index in [1.165, 1.54) is 11.1 Å². The Bertz CT molecular complexity index is 656. The van der Waals surface area contributed by atoms with Crippen molar-refractivity contribution >= 4 is 5.91 Å². The first kappa shape index (κ1) is 16.7. The Morgan fingerprint density at radius 3 is 2.33 bits per heavy atom. The Balaban J connectivity index is 1.66. The molecule has 2 aromatic carbocycles. The van der Waals surface area contributed by atoms with E-state index in [1.54, 1.807) is 0 Å². The van der Waals surface area contributed by atoms with E-state index in [0.29, 0.717) is 24.8 Å². The van der Waals surface area contributed by atoms with Crippen molar-refractivity contribution < 1.29 is 4.79 Å². The fourth-order valence-corrected chi connectivity index (χ4v) is 3.68. The summed E-state index contributed by atoms with van der Waals surface area (Å²) in [7, 11) is 0. The lowest BCUT2D eigenvalue weighted by Gasteiger charge is -2.19. The number of carbonyl (C=O) groups is 1. The van der Waals surface area contributed by atoms with Crippen LogP contribution in [0.1, 0.15) is 36.3 Å². The Morgan fingerprint density at radius 2 is 1.71 bits per heavy atom. The van der Waals surface area contributed by atoms with Crippen LogP contribution in [-0.4, -0.2) is 30.4 Å². The highest BCUT2D eigenvalue weighted by Crippen LogP contribution is 2.33. The molecule has 1 aliphatic heterocycles. The van der Waals surface area contributed by atoms with Gasteiger partial charge in [-0.2, -0.15) is 0 Å². The summed E-state index contributed by atoms with van der Waals surface area (Å²) < 4.78 is 0. The minimum absolute atomic E-state index is 0.239. The molecule has 0 radical (unpaired) electrons. The summed E-state index contributed by atoms with van der Waals surface area (Å²) in [6.07, 6.45) is 0.558. The highest BCUT2D eigenvalue weighted by atomic mass is 16.2. The Morgan fingerprint density at radius 1 is 1.08 bits per heavy atom. The van der Waals surface area contributed by atoms with Gasteiger partial charge < -0.3 is 10.6 Å². The van der Waals surface area contributed by atoms with Crippen LogP contribution in [0.2, 0.25) is 0 Å². The zero-order chi connectivity index (χ0) is 16.9. The Kier molecular flexibility index (Phi) is 5.31. The second kappa shape index (κ2) is 7.63. The van der Waals surface area contributed by atoms with Crippen LogP contribution in [0.5, 0.6) is 0 Å². The molecule has 1 amide bonds. The van der Waals surface area contributed by atoms with E-state index >= 15 is 0 Å². The van der Waals surface area contributed by atoms with Gasteiger partial charge in [0, 0.05) is 25.4 Å². The number of hydrogen-bond donors (Lipinski definition) is 1. The molecule has 1 saturated heterocycles. The van der Waals surface area contributed by atoms with Crippen LogP contribution in [0.4, 0.5) is 0 Å². The van der Waals surface area contributed by atoms with E-state index in [-0.39, 0.29) is 11.8 Å². The predicted octanol–water partition coefficient (Wildman–Crippen LogP) is 3.38. The van der Waals surface area contributed by atoms with Crippen molar-refractivity contribution in [1.29, 1.82) is 0 Å². The number of nitrogens with two attached hydrogens (primary N) is 1. The first-order chi connectivity index (χ1) is 11.7. The lowest BCUT2D eigenvalue weighted by atomic mass is 9.89. The number of likely N-dealkylation sites (tertiary alicyclic amines) is 1. The molecule has 0 aromatic heterocycles. The molecular formula is C21H26N2O. The largest absolute Gasteiger partial charge is 0.342 e. The van der Waals surface area contributed by atoms with Gasteiger partial charge in [0.05, 0.1) is 0 Å². The monoisotopic (exact) mass is 322 g/mol. The van der Waals surface area contributed by atoms with E-state index in [9.17, 15) is 4.79 Å². The summed E-state index contributed by atoms with van der Waals surface area (Å²) >= 11 is 0. The second-order valence-corrected chi connectivity index (χ2v) is 6.83. The van der Waals surface area contributed by atoms with Gasteiger partial charge in [-0.1, -0.05) is 67.6 Å². The van der Waals surface area contributed by atoms with Gasteiger partial charge in [0.25, 0.3) is 0 Å². The quantitative estimate of drug-likeness (QED) is 0.917.